The summed E-state index contributed by atoms with van der Waals surface area (Å²) in [5.41, 5.74) is 0.651. The fourth-order valence-corrected chi connectivity index (χ4v) is 3.56. The molecular weight excluding hydrogens is 318 g/mol. The molecule has 1 N–H and O–H groups in total. The lowest BCUT2D eigenvalue weighted by molar-refractivity contribution is 0.0924. The van der Waals surface area contributed by atoms with Crippen molar-refractivity contribution in [2.45, 2.75) is 12.5 Å². The fraction of sp³-hybridized carbons (Fsp3) is 0.368. The number of piperidine rings is 1. The van der Waals surface area contributed by atoms with Gasteiger partial charge in [0.15, 0.2) is 0 Å². The normalized spacial score (nSPS) is 24.1. The van der Waals surface area contributed by atoms with Crippen LogP contribution in [0.1, 0.15) is 16.8 Å². The molecule has 2 aliphatic rings. The van der Waals surface area contributed by atoms with E-state index in [2.05, 4.69) is 15.2 Å². The Kier molecular flexibility index (Phi) is 4.28. The van der Waals surface area contributed by atoms with Crippen LogP contribution >= 0.6 is 0 Å². The number of carbonyl (C=O) groups is 1. The minimum absolute atomic E-state index is 0.0172. The topological polar surface area (TPSA) is 63.7 Å². The van der Waals surface area contributed by atoms with Gasteiger partial charge in [-0.1, -0.05) is 0 Å². The van der Waals surface area contributed by atoms with E-state index >= 15 is 0 Å². The maximum absolute atomic E-state index is 12.4. The van der Waals surface area contributed by atoms with Crippen LogP contribution in [0.2, 0.25) is 0 Å². The first-order chi connectivity index (χ1) is 12.2. The molecule has 0 saturated carbocycles. The molecule has 130 valence electrons. The first-order valence-electron chi connectivity index (χ1n) is 8.52. The first-order valence-corrected chi connectivity index (χ1v) is 8.52. The maximum atomic E-state index is 12.4. The second kappa shape index (κ2) is 6.72. The van der Waals surface area contributed by atoms with E-state index in [0.717, 1.165) is 13.1 Å². The smallest absolute Gasteiger partial charge is 0.251 e. The van der Waals surface area contributed by atoms with Gasteiger partial charge in [-0.05, 0) is 49.2 Å². The average Bonchev–Trinajstić information content (AvgIpc) is 3.26. The Morgan fingerprint density at radius 2 is 1.96 bits per heavy atom. The van der Waals surface area contributed by atoms with Gasteiger partial charge in [0.1, 0.15) is 11.5 Å². The Morgan fingerprint density at radius 1 is 1.16 bits per heavy atom. The minimum atomic E-state index is -0.0172. The number of aromatic nitrogens is 1. The number of carbonyl (C=O) groups excluding carboxylic acids is 1. The number of pyridine rings is 1. The number of rotatable bonds is 5. The highest BCUT2D eigenvalue weighted by atomic mass is 16.5. The van der Waals surface area contributed by atoms with Crippen LogP contribution in [0.25, 0.3) is 0 Å². The molecule has 6 nitrogen and oxygen atoms in total. The largest absolute Gasteiger partial charge is 0.481 e. The molecule has 2 aliphatic heterocycles. The maximum Gasteiger partial charge on any atom is 0.251 e. The Morgan fingerprint density at radius 3 is 2.56 bits per heavy atom. The second-order valence-corrected chi connectivity index (χ2v) is 6.55. The van der Waals surface area contributed by atoms with Crippen molar-refractivity contribution in [1.29, 1.82) is 0 Å². The number of nitrogens with zero attached hydrogens (tertiary/aromatic N) is 2. The summed E-state index contributed by atoms with van der Waals surface area (Å²) in [6.45, 7) is 3.26. The van der Waals surface area contributed by atoms with E-state index < -0.39 is 0 Å². The predicted octanol–water partition coefficient (Wildman–Crippen LogP) is 2.32. The standard InChI is InChI=1S/C19H21N3O3/c1-24-18-7-6-16(10-20-18)25-15-4-2-13(3-5-15)19(23)21-17-12-22-9-8-14(17)11-22/h2-7,10,14,17H,8-9,11-12H2,1H3,(H,21,23)/t14-,17?/m0/s1. The van der Waals surface area contributed by atoms with Crippen molar-refractivity contribution in [1.82, 2.24) is 15.2 Å². The van der Waals surface area contributed by atoms with Gasteiger partial charge >= 0.3 is 0 Å². The van der Waals surface area contributed by atoms with E-state index in [1.54, 1.807) is 49.7 Å². The second-order valence-electron chi connectivity index (χ2n) is 6.55. The van der Waals surface area contributed by atoms with E-state index in [9.17, 15) is 4.79 Å². The number of methoxy groups -OCH3 is 1. The molecule has 2 fully saturated rings. The lowest BCUT2D eigenvalue weighted by atomic mass is 9.99. The van der Waals surface area contributed by atoms with Crippen molar-refractivity contribution in [3.8, 4) is 17.4 Å². The molecule has 4 rings (SSSR count). The Labute approximate surface area is 146 Å². The molecular formula is C19H21N3O3. The van der Waals surface area contributed by atoms with Crippen LogP contribution in [0.5, 0.6) is 17.4 Å². The van der Waals surface area contributed by atoms with Crippen molar-refractivity contribution in [2.75, 3.05) is 26.7 Å². The van der Waals surface area contributed by atoms with Crippen molar-refractivity contribution in [2.24, 2.45) is 5.92 Å². The molecule has 3 atom stereocenters. The lowest BCUT2D eigenvalue weighted by Crippen LogP contribution is -2.43. The van der Waals surface area contributed by atoms with Gasteiger partial charge < -0.3 is 19.7 Å². The summed E-state index contributed by atoms with van der Waals surface area (Å²) in [7, 11) is 1.57. The molecule has 25 heavy (non-hydrogen) atoms. The van der Waals surface area contributed by atoms with Crippen LogP contribution in [-0.4, -0.2) is 48.6 Å². The summed E-state index contributed by atoms with van der Waals surface area (Å²) in [6.07, 6.45) is 2.79. The molecule has 1 amide bonds. The molecule has 0 spiro atoms. The van der Waals surface area contributed by atoms with Gasteiger partial charge in [-0.15, -0.1) is 0 Å². The van der Waals surface area contributed by atoms with E-state index in [4.69, 9.17) is 9.47 Å². The zero-order valence-electron chi connectivity index (χ0n) is 14.1. The Hall–Kier alpha value is -2.60. The van der Waals surface area contributed by atoms with Crippen LogP contribution in [0.4, 0.5) is 0 Å². The van der Waals surface area contributed by atoms with Gasteiger partial charge in [-0.2, -0.15) is 0 Å². The molecule has 6 heteroatoms. The van der Waals surface area contributed by atoms with Gasteiger partial charge in [0, 0.05) is 30.8 Å². The number of nitrogens with one attached hydrogen (secondary N) is 1. The third-order valence-electron chi connectivity index (χ3n) is 4.92. The van der Waals surface area contributed by atoms with Crippen LogP contribution in [0, 0.1) is 5.92 Å². The van der Waals surface area contributed by atoms with Crippen LogP contribution in [-0.2, 0) is 0 Å². The SMILES string of the molecule is COc1ccc(Oc2ccc(C(=O)NC3CN4CC[C@H]3C4)cc2)cn1. The van der Waals surface area contributed by atoms with E-state index in [0.29, 0.717) is 28.9 Å². The van der Waals surface area contributed by atoms with E-state index in [1.807, 2.05) is 0 Å². The average molecular weight is 339 g/mol. The predicted molar refractivity (Wildman–Crippen MR) is 93.1 cm³/mol. The summed E-state index contributed by atoms with van der Waals surface area (Å²) in [4.78, 5) is 18.9. The first kappa shape index (κ1) is 15.9. The van der Waals surface area contributed by atoms with Crippen LogP contribution in [0.15, 0.2) is 42.6 Å². The third-order valence-corrected chi connectivity index (χ3v) is 4.92. The van der Waals surface area contributed by atoms with Crippen LogP contribution in [0.3, 0.4) is 0 Å². The molecule has 0 aliphatic carbocycles. The highest BCUT2D eigenvalue weighted by Crippen LogP contribution is 2.28. The molecule has 3 heterocycles. The molecule has 1 aromatic heterocycles. The highest BCUT2D eigenvalue weighted by molar-refractivity contribution is 5.94. The van der Waals surface area contributed by atoms with Gasteiger partial charge in [-0.3, -0.25) is 4.79 Å². The molecule has 2 saturated heterocycles. The summed E-state index contributed by atoms with van der Waals surface area (Å²) >= 11 is 0. The highest BCUT2D eigenvalue weighted by Gasteiger charge is 2.38. The fourth-order valence-electron chi connectivity index (χ4n) is 3.56. The van der Waals surface area contributed by atoms with Gasteiger partial charge in [0.25, 0.3) is 5.91 Å². The van der Waals surface area contributed by atoms with Crippen molar-refractivity contribution in [3.63, 3.8) is 0 Å². The molecule has 0 radical (unpaired) electrons. The number of hydrogen-bond donors (Lipinski definition) is 1. The Bertz CT molecular complexity index is 746. The number of hydrogen-bond acceptors (Lipinski definition) is 5. The van der Waals surface area contributed by atoms with Gasteiger partial charge in [0.2, 0.25) is 5.88 Å². The summed E-state index contributed by atoms with van der Waals surface area (Å²) in [5.74, 6) is 2.41. The van der Waals surface area contributed by atoms with Crippen LogP contribution < -0.4 is 14.8 Å². The number of benzene rings is 1. The molecule has 2 aromatic rings. The summed E-state index contributed by atoms with van der Waals surface area (Å²) in [5, 5.41) is 3.16. The van der Waals surface area contributed by atoms with Crippen molar-refractivity contribution >= 4 is 5.91 Å². The number of fused-ring (bicyclic) bond motifs is 2. The number of ether oxygens (including phenoxy) is 2. The van der Waals surface area contributed by atoms with E-state index in [1.165, 1.54) is 13.0 Å². The zero-order valence-corrected chi connectivity index (χ0v) is 14.1. The quantitative estimate of drug-likeness (QED) is 0.906. The number of amides is 1. The Balaban J connectivity index is 1.36. The molecule has 1 aromatic carbocycles. The zero-order chi connectivity index (χ0) is 17.2. The van der Waals surface area contributed by atoms with Gasteiger partial charge in [-0.25, -0.2) is 4.98 Å². The summed E-state index contributed by atoms with van der Waals surface area (Å²) in [6, 6.07) is 11.0. The third kappa shape index (κ3) is 3.44. The summed E-state index contributed by atoms with van der Waals surface area (Å²) < 4.78 is 10.8. The molecule has 2 unspecified atom stereocenters. The lowest BCUT2D eigenvalue weighted by Gasteiger charge is -2.23. The van der Waals surface area contributed by atoms with Crippen molar-refractivity contribution in [3.05, 3.63) is 48.2 Å². The van der Waals surface area contributed by atoms with E-state index in [-0.39, 0.29) is 11.9 Å². The monoisotopic (exact) mass is 339 g/mol. The van der Waals surface area contributed by atoms with Gasteiger partial charge in [0.05, 0.1) is 13.3 Å². The van der Waals surface area contributed by atoms with Crippen molar-refractivity contribution < 1.29 is 14.3 Å². The molecule has 2 bridgehead atoms. The minimum Gasteiger partial charge on any atom is -0.481 e.